The van der Waals surface area contributed by atoms with E-state index in [2.05, 4.69) is 9.97 Å². The van der Waals surface area contributed by atoms with Gasteiger partial charge in [0.1, 0.15) is 33.5 Å². The number of pyridine rings is 1. The molecular formula is C22H16Cl3FN2O4S. The Bertz CT molecular complexity index is 1380. The third-order valence-electron chi connectivity index (χ3n) is 4.97. The largest absolute Gasteiger partial charge is 0.495 e. The number of fused-ring (bicyclic) bond motifs is 2. The molecule has 0 saturated carbocycles. The molecule has 0 fully saturated rings. The number of halogens is 4. The predicted octanol–water partition coefficient (Wildman–Crippen LogP) is 7.50. The van der Waals surface area contributed by atoms with Crippen molar-refractivity contribution in [3.05, 3.63) is 46.3 Å². The molecule has 11 heteroatoms. The van der Waals surface area contributed by atoms with E-state index >= 15 is 0 Å². The Morgan fingerprint density at radius 3 is 2.58 bits per heavy atom. The van der Waals surface area contributed by atoms with Crippen molar-refractivity contribution in [1.29, 1.82) is 0 Å². The molecule has 0 bridgehead atoms. The highest BCUT2D eigenvalue weighted by Crippen LogP contribution is 2.41. The minimum absolute atomic E-state index is 0.0912. The highest BCUT2D eigenvalue weighted by Gasteiger charge is 2.23. The van der Waals surface area contributed by atoms with Gasteiger partial charge in [-0.3, -0.25) is 4.98 Å². The second kappa shape index (κ2) is 9.46. The molecule has 0 saturated heterocycles. The standard InChI is InChI=1S/C22H16Cl3FN2O4S/c1-9(10(2)32-22(25)29)31-15-7-16-20(17(24)18(15)26)28-21(33-16)14-6-12(23)4-11-5-13(30-3)8-27-19(11)14/h4-10H,1-3H3/t9-,10+/m0/s1. The summed E-state index contributed by atoms with van der Waals surface area (Å²) in [6.07, 6.45) is 0.211. The lowest BCUT2D eigenvalue weighted by Crippen LogP contribution is -2.29. The van der Waals surface area contributed by atoms with Gasteiger partial charge in [-0.1, -0.05) is 23.2 Å². The molecule has 172 valence electrons. The number of hydrogen-bond donors (Lipinski definition) is 0. The van der Waals surface area contributed by atoms with Crippen molar-refractivity contribution in [3.8, 4) is 22.1 Å². The number of thiazole rings is 1. The monoisotopic (exact) mass is 528 g/mol. The summed E-state index contributed by atoms with van der Waals surface area (Å²) in [7, 11) is 1.55. The molecule has 33 heavy (non-hydrogen) atoms. The molecule has 0 N–H and O–H groups in total. The van der Waals surface area contributed by atoms with Gasteiger partial charge in [0.25, 0.3) is 0 Å². The zero-order chi connectivity index (χ0) is 23.9. The summed E-state index contributed by atoms with van der Waals surface area (Å²) in [5.41, 5.74) is 0.656. The Hall–Kier alpha value is -2.39. The second-order valence-electron chi connectivity index (χ2n) is 7.15. The van der Waals surface area contributed by atoms with Crippen LogP contribution in [0.4, 0.5) is 9.18 Å². The zero-order valence-corrected chi connectivity index (χ0v) is 20.6. The first-order valence-corrected chi connectivity index (χ1v) is 11.6. The van der Waals surface area contributed by atoms with Crippen molar-refractivity contribution in [2.75, 3.05) is 7.11 Å². The highest BCUT2D eigenvalue weighted by atomic mass is 35.5. The lowest BCUT2D eigenvalue weighted by molar-refractivity contribution is 0.0457. The average Bonchev–Trinajstić information content (AvgIpc) is 3.19. The highest BCUT2D eigenvalue weighted by molar-refractivity contribution is 7.21. The number of ether oxygens (including phenoxy) is 3. The average molecular weight is 530 g/mol. The van der Waals surface area contributed by atoms with Gasteiger partial charge >= 0.3 is 5.43 Å². The van der Waals surface area contributed by atoms with Crippen molar-refractivity contribution in [1.82, 2.24) is 9.97 Å². The molecule has 6 nitrogen and oxygen atoms in total. The van der Waals surface area contributed by atoms with Gasteiger partial charge < -0.3 is 14.2 Å². The number of methoxy groups -OCH3 is 1. The number of rotatable bonds is 6. The van der Waals surface area contributed by atoms with Crippen LogP contribution in [0, 0.1) is 5.82 Å². The maximum absolute atomic E-state index is 15.0. The van der Waals surface area contributed by atoms with E-state index in [4.69, 9.17) is 49.0 Å². The van der Waals surface area contributed by atoms with Crippen molar-refractivity contribution in [2.45, 2.75) is 26.1 Å². The van der Waals surface area contributed by atoms with Gasteiger partial charge in [0.2, 0.25) is 0 Å². The fourth-order valence-electron chi connectivity index (χ4n) is 3.19. The summed E-state index contributed by atoms with van der Waals surface area (Å²) in [5, 5.41) is 1.64. The fourth-order valence-corrected chi connectivity index (χ4v) is 4.87. The Kier molecular flexibility index (Phi) is 6.81. The number of carbonyl (C=O) groups is 1. The Morgan fingerprint density at radius 2 is 1.88 bits per heavy atom. The second-order valence-corrected chi connectivity index (χ2v) is 9.31. The third-order valence-corrected chi connectivity index (χ3v) is 6.66. The minimum Gasteiger partial charge on any atom is -0.495 e. The minimum atomic E-state index is -0.973. The number of aromatic nitrogens is 2. The quantitative estimate of drug-likeness (QED) is 0.241. The Morgan fingerprint density at radius 1 is 1.12 bits per heavy atom. The summed E-state index contributed by atoms with van der Waals surface area (Å²) in [6.45, 7) is 3.21. The van der Waals surface area contributed by atoms with Gasteiger partial charge in [0, 0.05) is 33.6 Å². The molecule has 2 atom stereocenters. The molecule has 0 unspecified atom stereocenters. The van der Waals surface area contributed by atoms with Crippen LogP contribution < -0.4 is 9.47 Å². The van der Waals surface area contributed by atoms with E-state index in [-0.39, 0.29) is 16.3 Å². The number of nitrogens with zero attached hydrogens (tertiary/aromatic N) is 2. The van der Waals surface area contributed by atoms with Gasteiger partial charge in [-0.15, -0.1) is 11.3 Å². The van der Waals surface area contributed by atoms with E-state index in [0.29, 0.717) is 31.6 Å². The molecule has 4 aromatic rings. The SMILES string of the molecule is COc1cnc2c(-c3nc4c(Cl)c(F)c(O[C@@H](C)[C@@H](C)OC(=O)Cl)cc4s3)cc(Cl)cc2c1. The first-order chi connectivity index (χ1) is 15.7. The van der Waals surface area contributed by atoms with E-state index < -0.39 is 23.5 Å². The van der Waals surface area contributed by atoms with E-state index in [1.54, 1.807) is 39.3 Å². The lowest BCUT2D eigenvalue weighted by Gasteiger charge is -2.21. The van der Waals surface area contributed by atoms with Gasteiger partial charge in [-0.05, 0) is 32.0 Å². The van der Waals surface area contributed by atoms with Crippen LogP contribution in [0.2, 0.25) is 10.0 Å². The van der Waals surface area contributed by atoms with Gasteiger partial charge in [0.05, 0.1) is 23.5 Å². The molecule has 2 aromatic carbocycles. The predicted molar refractivity (Wildman–Crippen MR) is 129 cm³/mol. The van der Waals surface area contributed by atoms with E-state index in [0.717, 1.165) is 5.39 Å². The first-order valence-electron chi connectivity index (χ1n) is 9.63. The molecule has 0 amide bonds. The molecule has 0 spiro atoms. The summed E-state index contributed by atoms with van der Waals surface area (Å²) < 4.78 is 31.3. The smallest absolute Gasteiger partial charge is 0.404 e. The van der Waals surface area contributed by atoms with Crippen molar-refractivity contribution in [3.63, 3.8) is 0 Å². The van der Waals surface area contributed by atoms with Crippen molar-refractivity contribution in [2.24, 2.45) is 0 Å². The number of hydrogen-bond acceptors (Lipinski definition) is 7. The van der Waals surface area contributed by atoms with Crippen LogP contribution >= 0.6 is 46.1 Å². The van der Waals surface area contributed by atoms with E-state index in [1.165, 1.54) is 17.4 Å². The van der Waals surface area contributed by atoms with Crippen LogP contribution in [-0.4, -0.2) is 34.7 Å². The molecule has 0 aliphatic heterocycles. The van der Waals surface area contributed by atoms with Crippen molar-refractivity contribution < 1.29 is 23.4 Å². The van der Waals surface area contributed by atoms with Gasteiger partial charge in [-0.2, -0.15) is 0 Å². The molecule has 4 rings (SSSR count). The maximum Gasteiger partial charge on any atom is 0.404 e. The Balaban J connectivity index is 1.78. The maximum atomic E-state index is 15.0. The topological polar surface area (TPSA) is 70.5 Å². The summed E-state index contributed by atoms with van der Waals surface area (Å²) >= 11 is 19.2. The van der Waals surface area contributed by atoms with Crippen LogP contribution in [0.25, 0.3) is 31.7 Å². The molecule has 2 heterocycles. The fraction of sp³-hybridized carbons (Fsp3) is 0.227. The summed E-state index contributed by atoms with van der Waals surface area (Å²) in [5.74, 6) is -0.266. The van der Waals surface area contributed by atoms with Crippen LogP contribution in [-0.2, 0) is 4.74 Å². The van der Waals surface area contributed by atoms with E-state index in [1.807, 2.05) is 6.07 Å². The van der Waals surface area contributed by atoms with Crippen molar-refractivity contribution >= 4 is 72.7 Å². The Labute approximate surface area is 207 Å². The molecule has 0 aliphatic rings. The lowest BCUT2D eigenvalue weighted by atomic mass is 10.1. The first kappa shape index (κ1) is 23.8. The van der Waals surface area contributed by atoms with Gasteiger partial charge in [-0.25, -0.2) is 14.2 Å². The van der Waals surface area contributed by atoms with Crippen LogP contribution in [0.3, 0.4) is 0 Å². The van der Waals surface area contributed by atoms with Gasteiger partial charge in [0.15, 0.2) is 11.6 Å². The summed E-state index contributed by atoms with van der Waals surface area (Å²) in [4.78, 5) is 20.0. The van der Waals surface area contributed by atoms with Crippen LogP contribution in [0.15, 0.2) is 30.5 Å². The number of benzene rings is 2. The number of carbonyl (C=O) groups excluding carboxylic acids is 1. The van der Waals surface area contributed by atoms with Crippen LogP contribution in [0.5, 0.6) is 11.5 Å². The third kappa shape index (κ3) is 4.80. The summed E-state index contributed by atoms with van der Waals surface area (Å²) in [6, 6.07) is 6.84. The molecule has 0 aliphatic carbocycles. The molecular weight excluding hydrogens is 514 g/mol. The van der Waals surface area contributed by atoms with E-state index in [9.17, 15) is 9.18 Å². The molecule has 2 aromatic heterocycles. The normalized spacial score (nSPS) is 13.2. The van der Waals surface area contributed by atoms with Crippen LogP contribution in [0.1, 0.15) is 13.8 Å². The molecule has 0 radical (unpaired) electrons. The zero-order valence-electron chi connectivity index (χ0n) is 17.5.